The quantitative estimate of drug-likeness (QED) is 0.838. The molecule has 0 saturated carbocycles. The Morgan fingerprint density at radius 2 is 1.95 bits per heavy atom. The molecule has 1 aromatic heterocycles. The first-order valence-electron chi connectivity index (χ1n) is 7.68. The molecule has 1 aromatic carbocycles. The highest BCUT2D eigenvalue weighted by Gasteiger charge is 2.07. The van der Waals surface area contributed by atoms with Crippen LogP contribution in [0, 0.1) is 12.8 Å². The largest absolute Gasteiger partial charge is 0.310 e. The molecule has 0 fully saturated rings. The lowest BCUT2D eigenvalue weighted by molar-refractivity contribution is 0.412. The van der Waals surface area contributed by atoms with Gasteiger partial charge in [0.25, 0.3) is 0 Å². The second-order valence-corrected chi connectivity index (χ2v) is 6.01. The summed E-state index contributed by atoms with van der Waals surface area (Å²) in [5.74, 6) is 0.793. The van der Waals surface area contributed by atoms with Crippen LogP contribution in [0.4, 0.5) is 0 Å². The lowest BCUT2D eigenvalue weighted by atomic mass is 10.00. The van der Waals surface area contributed by atoms with Crippen LogP contribution < -0.4 is 5.32 Å². The monoisotopic (exact) mass is 270 g/mol. The van der Waals surface area contributed by atoms with Crippen LogP contribution in [-0.2, 0) is 6.54 Å². The molecule has 0 bridgehead atoms. The van der Waals surface area contributed by atoms with E-state index in [0.717, 1.165) is 23.7 Å². The molecule has 1 heterocycles. The van der Waals surface area contributed by atoms with Crippen molar-refractivity contribution in [3.63, 3.8) is 0 Å². The predicted octanol–water partition coefficient (Wildman–Crippen LogP) is 4.46. The summed E-state index contributed by atoms with van der Waals surface area (Å²) in [6.07, 6.45) is 2.50. The molecule has 0 aliphatic heterocycles. The van der Waals surface area contributed by atoms with Crippen molar-refractivity contribution in [1.82, 2.24) is 10.3 Å². The fourth-order valence-electron chi connectivity index (χ4n) is 2.53. The third-order valence-corrected chi connectivity index (χ3v) is 4.00. The van der Waals surface area contributed by atoms with Crippen molar-refractivity contribution in [3.8, 4) is 0 Å². The van der Waals surface area contributed by atoms with Crippen LogP contribution in [0.1, 0.15) is 44.9 Å². The normalized spacial score (nSPS) is 14.4. The van der Waals surface area contributed by atoms with Crippen LogP contribution in [0.25, 0.3) is 10.9 Å². The molecule has 0 aliphatic carbocycles. The molecule has 2 heteroatoms. The van der Waals surface area contributed by atoms with Gasteiger partial charge in [-0.2, -0.15) is 0 Å². The number of hydrogen-bond acceptors (Lipinski definition) is 2. The minimum absolute atomic E-state index is 0.566. The smallest absolute Gasteiger partial charge is 0.0705 e. The molecular formula is C18H26N2. The third kappa shape index (κ3) is 4.04. The maximum atomic E-state index is 4.54. The summed E-state index contributed by atoms with van der Waals surface area (Å²) in [6, 6.07) is 11.3. The summed E-state index contributed by atoms with van der Waals surface area (Å²) in [7, 11) is 0. The highest BCUT2D eigenvalue weighted by molar-refractivity contribution is 5.79. The molecule has 2 atom stereocenters. The Morgan fingerprint density at radius 3 is 2.70 bits per heavy atom. The molecule has 108 valence electrons. The van der Waals surface area contributed by atoms with Crippen molar-refractivity contribution in [1.29, 1.82) is 0 Å². The van der Waals surface area contributed by atoms with Gasteiger partial charge in [-0.05, 0) is 49.9 Å². The summed E-state index contributed by atoms with van der Waals surface area (Å²) >= 11 is 0. The topological polar surface area (TPSA) is 24.9 Å². The van der Waals surface area contributed by atoms with E-state index in [-0.39, 0.29) is 0 Å². The van der Waals surface area contributed by atoms with E-state index in [9.17, 15) is 0 Å². The van der Waals surface area contributed by atoms with Crippen molar-refractivity contribution in [2.24, 2.45) is 5.92 Å². The summed E-state index contributed by atoms with van der Waals surface area (Å²) in [6.45, 7) is 9.82. The maximum absolute atomic E-state index is 4.54. The molecule has 1 N–H and O–H groups in total. The van der Waals surface area contributed by atoms with Crippen LogP contribution in [0.2, 0.25) is 0 Å². The van der Waals surface area contributed by atoms with Gasteiger partial charge in [0.05, 0.1) is 5.52 Å². The van der Waals surface area contributed by atoms with Gasteiger partial charge >= 0.3 is 0 Å². The molecule has 2 unspecified atom stereocenters. The average molecular weight is 270 g/mol. The van der Waals surface area contributed by atoms with E-state index in [2.05, 4.69) is 61.4 Å². The van der Waals surface area contributed by atoms with E-state index < -0.39 is 0 Å². The number of nitrogens with zero attached hydrogens (tertiary/aromatic N) is 1. The number of benzene rings is 1. The molecule has 2 nitrogen and oxygen atoms in total. The standard InChI is InChI=1S/C18H26N2/c1-5-13(2)10-15(4)19-12-16-7-9-18-17(11-16)8-6-14(3)20-18/h6-9,11,13,15,19H,5,10,12H2,1-4H3. The fourth-order valence-corrected chi connectivity index (χ4v) is 2.53. The van der Waals surface area contributed by atoms with Gasteiger partial charge in [0.1, 0.15) is 0 Å². The van der Waals surface area contributed by atoms with Gasteiger partial charge in [-0.25, -0.2) is 0 Å². The Bertz CT molecular complexity index is 562. The number of hydrogen-bond donors (Lipinski definition) is 1. The van der Waals surface area contributed by atoms with E-state index in [1.54, 1.807) is 0 Å². The van der Waals surface area contributed by atoms with Crippen molar-refractivity contribution >= 4 is 10.9 Å². The third-order valence-electron chi connectivity index (χ3n) is 4.00. The molecule has 2 rings (SSSR count). The predicted molar refractivity (Wildman–Crippen MR) is 86.9 cm³/mol. The number of rotatable bonds is 6. The van der Waals surface area contributed by atoms with Gasteiger partial charge in [0.15, 0.2) is 0 Å². The van der Waals surface area contributed by atoms with Gasteiger partial charge in [0, 0.05) is 23.7 Å². The number of aryl methyl sites for hydroxylation is 1. The Morgan fingerprint density at radius 1 is 1.15 bits per heavy atom. The Hall–Kier alpha value is -1.41. The van der Waals surface area contributed by atoms with E-state index in [0.29, 0.717) is 6.04 Å². The van der Waals surface area contributed by atoms with E-state index in [4.69, 9.17) is 0 Å². The fraction of sp³-hybridized carbons (Fsp3) is 0.500. The first-order valence-corrected chi connectivity index (χ1v) is 7.68. The van der Waals surface area contributed by atoms with Crippen molar-refractivity contribution < 1.29 is 0 Å². The second-order valence-electron chi connectivity index (χ2n) is 6.01. The number of pyridine rings is 1. The van der Waals surface area contributed by atoms with Crippen molar-refractivity contribution in [2.45, 2.75) is 53.1 Å². The zero-order chi connectivity index (χ0) is 14.5. The van der Waals surface area contributed by atoms with Crippen molar-refractivity contribution in [2.75, 3.05) is 0 Å². The lowest BCUT2D eigenvalue weighted by Gasteiger charge is -2.17. The summed E-state index contributed by atoms with van der Waals surface area (Å²) in [5.41, 5.74) is 3.49. The molecule has 0 saturated heterocycles. The SMILES string of the molecule is CCC(C)CC(C)NCc1ccc2nc(C)ccc2c1. The van der Waals surface area contributed by atoms with Crippen LogP contribution in [0.3, 0.4) is 0 Å². The Balaban J connectivity index is 1.98. The molecular weight excluding hydrogens is 244 g/mol. The average Bonchev–Trinajstić information content (AvgIpc) is 2.44. The van der Waals surface area contributed by atoms with Crippen molar-refractivity contribution in [3.05, 3.63) is 41.6 Å². The zero-order valence-corrected chi connectivity index (χ0v) is 13.1. The Kier molecular flexibility index (Phi) is 5.13. The molecule has 2 aromatic rings. The molecule has 0 radical (unpaired) electrons. The van der Waals surface area contributed by atoms with Crippen LogP contribution in [0.15, 0.2) is 30.3 Å². The number of nitrogens with one attached hydrogen (secondary N) is 1. The first-order chi connectivity index (χ1) is 9.58. The highest BCUT2D eigenvalue weighted by atomic mass is 14.9. The summed E-state index contributed by atoms with van der Waals surface area (Å²) in [5, 5.41) is 4.85. The van der Waals surface area contributed by atoms with E-state index in [1.165, 1.54) is 23.8 Å². The Labute approximate surface area is 122 Å². The zero-order valence-electron chi connectivity index (χ0n) is 13.1. The molecule has 20 heavy (non-hydrogen) atoms. The minimum Gasteiger partial charge on any atom is -0.310 e. The maximum Gasteiger partial charge on any atom is 0.0705 e. The van der Waals surface area contributed by atoms with Gasteiger partial charge in [-0.3, -0.25) is 4.98 Å². The van der Waals surface area contributed by atoms with E-state index in [1.807, 2.05) is 6.92 Å². The molecule has 0 amide bonds. The van der Waals surface area contributed by atoms with Crippen LogP contribution >= 0.6 is 0 Å². The first kappa shape index (κ1) is 15.0. The second kappa shape index (κ2) is 6.85. The van der Waals surface area contributed by atoms with E-state index >= 15 is 0 Å². The van der Waals surface area contributed by atoms with Gasteiger partial charge in [-0.1, -0.05) is 32.4 Å². The van der Waals surface area contributed by atoms with Crippen LogP contribution in [-0.4, -0.2) is 11.0 Å². The van der Waals surface area contributed by atoms with Gasteiger partial charge in [-0.15, -0.1) is 0 Å². The molecule has 0 spiro atoms. The number of aromatic nitrogens is 1. The molecule has 0 aliphatic rings. The number of fused-ring (bicyclic) bond motifs is 1. The highest BCUT2D eigenvalue weighted by Crippen LogP contribution is 2.15. The van der Waals surface area contributed by atoms with Gasteiger partial charge in [0.2, 0.25) is 0 Å². The summed E-state index contributed by atoms with van der Waals surface area (Å²) < 4.78 is 0. The van der Waals surface area contributed by atoms with Crippen LogP contribution in [0.5, 0.6) is 0 Å². The van der Waals surface area contributed by atoms with Gasteiger partial charge < -0.3 is 5.32 Å². The minimum atomic E-state index is 0.566. The summed E-state index contributed by atoms with van der Waals surface area (Å²) in [4.78, 5) is 4.54. The lowest BCUT2D eigenvalue weighted by Crippen LogP contribution is -2.27.